The fraction of sp³-hybridized carbons (Fsp3) is 0.290. The number of hydrogen-bond acceptors (Lipinski definition) is 5. The number of fused-ring (bicyclic) bond motifs is 1. The molecule has 0 bridgehead atoms. The van der Waals surface area contributed by atoms with Crippen LogP contribution in [-0.4, -0.2) is 44.1 Å². The standard InChI is InChI=1S/C30H32N2O3.CH2O/c1-35-26-10-6-7-21(17-26)18-32-19-24(20-33)29(27-11-4-5-12-28(27)32)22-13-15-23(16-14-22)30(34)31-25-8-2-3-9-25;1-2/h4-7,10-17,25,33H,2-3,8-9,18-20H2,1H3,(H,31,34);1H2. The van der Waals surface area contributed by atoms with E-state index in [2.05, 4.69) is 40.5 Å². The topological polar surface area (TPSA) is 78.9 Å². The summed E-state index contributed by atoms with van der Waals surface area (Å²) in [6.07, 6.45) is 4.52. The molecule has 0 atom stereocenters. The van der Waals surface area contributed by atoms with Gasteiger partial charge in [0.25, 0.3) is 5.91 Å². The number of carbonyl (C=O) groups is 2. The molecule has 1 aliphatic heterocycles. The molecule has 0 unspecified atom stereocenters. The van der Waals surface area contributed by atoms with Crippen molar-refractivity contribution < 1.29 is 19.4 Å². The molecule has 0 radical (unpaired) electrons. The molecule has 37 heavy (non-hydrogen) atoms. The third-order valence-corrected chi connectivity index (χ3v) is 7.07. The highest BCUT2D eigenvalue weighted by molar-refractivity contribution is 5.96. The lowest BCUT2D eigenvalue weighted by molar-refractivity contribution is -0.0980. The Balaban J connectivity index is 0.00000156. The van der Waals surface area contributed by atoms with Crippen molar-refractivity contribution in [3.63, 3.8) is 0 Å². The summed E-state index contributed by atoms with van der Waals surface area (Å²) in [7, 11) is 1.68. The van der Waals surface area contributed by atoms with Crippen molar-refractivity contribution in [3.8, 4) is 5.75 Å². The molecule has 3 aromatic rings. The van der Waals surface area contributed by atoms with Crippen LogP contribution in [-0.2, 0) is 11.3 Å². The van der Waals surface area contributed by atoms with E-state index in [-0.39, 0.29) is 12.5 Å². The smallest absolute Gasteiger partial charge is 0.251 e. The lowest BCUT2D eigenvalue weighted by Crippen LogP contribution is -2.32. The van der Waals surface area contributed by atoms with Crippen LogP contribution < -0.4 is 15.0 Å². The summed E-state index contributed by atoms with van der Waals surface area (Å²) in [6.45, 7) is 3.32. The largest absolute Gasteiger partial charge is 0.497 e. The number of ether oxygens (including phenoxy) is 1. The van der Waals surface area contributed by atoms with Crippen molar-refractivity contribution in [3.05, 3.63) is 101 Å². The van der Waals surface area contributed by atoms with E-state index < -0.39 is 0 Å². The second-order valence-corrected chi connectivity index (χ2v) is 9.39. The van der Waals surface area contributed by atoms with Crippen LogP contribution in [0.25, 0.3) is 5.57 Å². The van der Waals surface area contributed by atoms with Crippen molar-refractivity contribution >= 4 is 24.0 Å². The van der Waals surface area contributed by atoms with Gasteiger partial charge < -0.3 is 24.9 Å². The first-order chi connectivity index (χ1) is 18.2. The van der Waals surface area contributed by atoms with Gasteiger partial charge in [-0.1, -0.05) is 55.3 Å². The molecule has 0 aromatic heterocycles. The fourth-order valence-electron chi connectivity index (χ4n) is 5.29. The van der Waals surface area contributed by atoms with Gasteiger partial charge in [-0.25, -0.2) is 0 Å². The maximum Gasteiger partial charge on any atom is 0.251 e. The number of aliphatic hydroxyl groups excluding tert-OH is 1. The van der Waals surface area contributed by atoms with Crippen LogP contribution in [0, 0.1) is 0 Å². The Hall–Kier alpha value is -3.90. The van der Waals surface area contributed by atoms with Crippen molar-refractivity contribution in [2.24, 2.45) is 0 Å². The Morgan fingerprint density at radius 3 is 2.46 bits per heavy atom. The number of anilines is 1. The summed E-state index contributed by atoms with van der Waals surface area (Å²) in [6, 6.07) is 24.5. The summed E-state index contributed by atoms with van der Waals surface area (Å²) in [5.41, 5.74) is 7.08. The second kappa shape index (κ2) is 12.4. The summed E-state index contributed by atoms with van der Waals surface area (Å²) in [5, 5.41) is 13.5. The number of methoxy groups -OCH3 is 1. The van der Waals surface area contributed by atoms with E-state index in [0.29, 0.717) is 24.7 Å². The third kappa shape index (κ3) is 5.92. The van der Waals surface area contributed by atoms with Crippen LogP contribution >= 0.6 is 0 Å². The molecule has 1 fully saturated rings. The molecule has 1 amide bonds. The molecule has 3 aromatic carbocycles. The third-order valence-electron chi connectivity index (χ3n) is 7.07. The average molecular weight is 499 g/mol. The lowest BCUT2D eigenvalue weighted by atomic mass is 9.88. The molecule has 2 aliphatic rings. The molecular formula is C31H34N2O4. The van der Waals surface area contributed by atoms with Crippen LogP contribution in [0.2, 0.25) is 0 Å². The Morgan fingerprint density at radius 2 is 1.76 bits per heavy atom. The Kier molecular flexibility index (Phi) is 8.75. The number of rotatable bonds is 7. The van der Waals surface area contributed by atoms with Crippen LogP contribution in [0.15, 0.2) is 78.4 Å². The average Bonchev–Trinajstić information content (AvgIpc) is 3.47. The minimum absolute atomic E-state index is 0.00619. The summed E-state index contributed by atoms with van der Waals surface area (Å²) < 4.78 is 5.40. The minimum atomic E-state index is -0.0256. The van der Waals surface area contributed by atoms with Gasteiger partial charge in [-0.2, -0.15) is 0 Å². The maximum atomic E-state index is 12.7. The molecule has 0 saturated heterocycles. The molecule has 1 aliphatic carbocycles. The normalized spacial score (nSPS) is 15.0. The van der Waals surface area contributed by atoms with Crippen molar-refractivity contribution in [1.82, 2.24) is 5.32 Å². The van der Waals surface area contributed by atoms with Gasteiger partial charge in [-0.05, 0) is 65.4 Å². The molecule has 1 saturated carbocycles. The highest BCUT2D eigenvalue weighted by atomic mass is 16.5. The summed E-state index contributed by atoms with van der Waals surface area (Å²) in [4.78, 5) is 23.0. The number of benzene rings is 3. The first-order valence-electron chi connectivity index (χ1n) is 12.7. The zero-order valence-corrected chi connectivity index (χ0v) is 21.3. The second-order valence-electron chi connectivity index (χ2n) is 9.39. The minimum Gasteiger partial charge on any atom is -0.497 e. The van der Waals surface area contributed by atoms with E-state index >= 15 is 0 Å². The SMILES string of the molecule is C=O.COc1cccc(CN2CC(CO)=C(c3ccc(C(=O)NC4CCCC4)cc3)c3ccccc32)c1. The van der Waals surface area contributed by atoms with Crippen LogP contribution in [0.3, 0.4) is 0 Å². The molecule has 0 spiro atoms. The van der Waals surface area contributed by atoms with E-state index in [1.54, 1.807) is 7.11 Å². The quantitative estimate of drug-likeness (QED) is 0.480. The van der Waals surface area contributed by atoms with Crippen molar-refractivity contribution in [1.29, 1.82) is 0 Å². The maximum absolute atomic E-state index is 12.7. The highest BCUT2D eigenvalue weighted by Gasteiger charge is 2.25. The Bertz CT molecular complexity index is 1250. The van der Waals surface area contributed by atoms with Gasteiger partial charge in [0.05, 0.1) is 13.7 Å². The summed E-state index contributed by atoms with van der Waals surface area (Å²) >= 11 is 0. The van der Waals surface area contributed by atoms with Gasteiger partial charge in [0.1, 0.15) is 12.5 Å². The number of nitrogens with zero attached hydrogens (tertiary/aromatic N) is 1. The number of para-hydroxylation sites is 1. The molecule has 5 rings (SSSR count). The first-order valence-corrected chi connectivity index (χ1v) is 12.7. The number of carbonyl (C=O) groups excluding carboxylic acids is 2. The van der Waals surface area contributed by atoms with Gasteiger partial charge in [-0.3, -0.25) is 4.79 Å². The van der Waals surface area contributed by atoms with E-state index in [9.17, 15) is 9.90 Å². The van der Waals surface area contributed by atoms with Gasteiger partial charge in [0.2, 0.25) is 0 Å². The molecule has 6 heteroatoms. The van der Waals surface area contributed by atoms with Crippen LogP contribution in [0.1, 0.15) is 52.7 Å². The molecular weight excluding hydrogens is 464 g/mol. The molecule has 2 N–H and O–H groups in total. The van der Waals surface area contributed by atoms with E-state index in [0.717, 1.165) is 52.1 Å². The van der Waals surface area contributed by atoms with Crippen LogP contribution in [0.5, 0.6) is 5.75 Å². The number of hydrogen-bond donors (Lipinski definition) is 2. The van der Waals surface area contributed by atoms with Gasteiger partial charge in [-0.15, -0.1) is 0 Å². The van der Waals surface area contributed by atoms with Gasteiger partial charge in [0, 0.05) is 35.9 Å². The van der Waals surface area contributed by atoms with Crippen molar-refractivity contribution in [2.45, 2.75) is 38.3 Å². The predicted molar refractivity (Wildman–Crippen MR) is 147 cm³/mol. The molecule has 192 valence electrons. The van der Waals surface area contributed by atoms with E-state index in [4.69, 9.17) is 9.53 Å². The molecule has 1 heterocycles. The van der Waals surface area contributed by atoms with Gasteiger partial charge in [0.15, 0.2) is 0 Å². The number of aliphatic hydroxyl groups is 1. The Morgan fingerprint density at radius 1 is 1.03 bits per heavy atom. The van der Waals surface area contributed by atoms with E-state index in [1.807, 2.05) is 49.3 Å². The van der Waals surface area contributed by atoms with E-state index in [1.165, 1.54) is 12.8 Å². The zero-order valence-electron chi connectivity index (χ0n) is 21.3. The first kappa shape index (κ1) is 26.2. The number of nitrogens with one attached hydrogen (secondary N) is 1. The lowest BCUT2D eigenvalue weighted by Gasteiger charge is -2.34. The van der Waals surface area contributed by atoms with Crippen molar-refractivity contribution in [2.75, 3.05) is 25.2 Å². The molecule has 6 nitrogen and oxygen atoms in total. The fourth-order valence-corrected chi connectivity index (χ4v) is 5.29. The highest BCUT2D eigenvalue weighted by Crippen LogP contribution is 2.39. The summed E-state index contributed by atoms with van der Waals surface area (Å²) in [5.74, 6) is 0.830. The monoisotopic (exact) mass is 498 g/mol. The predicted octanol–water partition coefficient (Wildman–Crippen LogP) is 5.00. The number of amides is 1. The van der Waals surface area contributed by atoms with Crippen LogP contribution in [0.4, 0.5) is 5.69 Å². The van der Waals surface area contributed by atoms with Gasteiger partial charge >= 0.3 is 0 Å². The zero-order chi connectivity index (χ0) is 26.2. The Labute approximate surface area is 218 Å².